The third-order valence-electron chi connectivity index (χ3n) is 1.42. The molecule has 1 aromatic heterocycles. The molecule has 0 amide bonds. The van der Waals surface area contributed by atoms with Gasteiger partial charge in [-0.3, -0.25) is 0 Å². The molecule has 84 valence electrons. The summed E-state index contributed by atoms with van der Waals surface area (Å²) in [6.45, 7) is -0.0866. The normalized spacial score (nSPS) is 11.5. The summed E-state index contributed by atoms with van der Waals surface area (Å²) >= 11 is 2.77. The van der Waals surface area contributed by atoms with Crippen LogP contribution in [0.4, 0.5) is 13.2 Å². The number of aromatic hydroxyl groups is 1. The number of nitrogens with zero attached hydrogens (tertiary/aromatic N) is 1. The Morgan fingerprint density at radius 3 is 2.60 bits per heavy atom. The van der Waals surface area contributed by atoms with Gasteiger partial charge in [0.25, 0.3) is 0 Å². The van der Waals surface area contributed by atoms with Gasteiger partial charge in [0.05, 0.1) is 5.69 Å². The zero-order chi connectivity index (χ0) is 11.6. The molecule has 0 aliphatic rings. The van der Waals surface area contributed by atoms with Gasteiger partial charge in [-0.1, -0.05) is 0 Å². The fourth-order valence-corrected chi connectivity index (χ4v) is 1.25. The SMILES string of the molecule is NCc1nc(Br)c(OC(F)(F)F)cc1O. The lowest BCUT2D eigenvalue weighted by molar-refractivity contribution is -0.275. The lowest BCUT2D eigenvalue weighted by atomic mass is 10.3. The molecule has 3 N–H and O–H groups in total. The molecule has 4 nitrogen and oxygen atoms in total. The molecule has 15 heavy (non-hydrogen) atoms. The Morgan fingerprint density at radius 2 is 2.13 bits per heavy atom. The quantitative estimate of drug-likeness (QED) is 0.815. The molecule has 0 aliphatic carbocycles. The largest absolute Gasteiger partial charge is 0.573 e. The highest BCUT2D eigenvalue weighted by Crippen LogP contribution is 2.33. The fraction of sp³-hybridized carbons (Fsp3) is 0.286. The zero-order valence-corrected chi connectivity index (χ0v) is 8.76. The van der Waals surface area contributed by atoms with Crippen LogP contribution < -0.4 is 10.5 Å². The van der Waals surface area contributed by atoms with Gasteiger partial charge in [0, 0.05) is 12.6 Å². The van der Waals surface area contributed by atoms with Gasteiger partial charge < -0.3 is 15.6 Å². The van der Waals surface area contributed by atoms with Gasteiger partial charge in [-0.05, 0) is 15.9 Å². The summed E-state index contributed by atoms with van der Waals surface area (Å²) in [6, 6.07) is 0.798. The van der Waals surface area contributed by atoms with E-state index in [-0.39, 0.29) is 16.8 Å². The molecular weight excluding hydrogens is 281 g/mol. The first-order chi connectivity index (χ1) is 6.83. The highest BCUT2D eigenvalue weighted by atomic mass is 79.9. The number of ether oxygens (including phenoxy) is 1. The summed E-state index contributed by atoms with van der Waals surface area (Å²) in [6.07, 6.45) is -4.83. The molecule has 0 fully saturated rings. The van der Waals surface area contributed by atoms with Crippen molar-refractivity contribution < 1.29 is 23.0 Å². The Morgan fingerprint density at radius 1 is 1.53 bits per heavy atom. The van der Waals surface area contributed by atoms with Crippen LogP contribution in [0.3, 0.4) is 0 Å². The third kappa shape index (κ3) is 3.24. The van der Waals surface area contributed by atoms with Crippen molar-refractivity contribution >= 4 is 15.9 Å². The molecule has 1 heterocycles. The van der Waals surface area contributed by atoms with Crippen molar-refractivity contribution in [1.29, 1.82) is 0 Å². The molecule has 1 aromatic rings. The van der Waals surface area contributed by atoms with Crippen LogP contribution in [0.2, 0.25) is 0 Å². The van der Waals surface area contributed by atoms with Crippen LogP contribution in [0.5, 0.6) is 11.5 Å². The molecule has 0 spiro atoms. The van der Waals surface area contributed by atoms with Gasteiger partial charge in [-0.15, -0.1) is 13.2 Å². The standard InChI is InChI=1S/C7H6BrF3N2O2/c8-6-5(15-7(9,10)11)1-4(14)3(2-12)13-6/h1,14H,2,12H2. The summed E-state index contributed by atoms with van der Waals surface area (Å²) < 4.78 is 39.0. The molecule has 0 bridgehead atoms. The smallest absolute Gasteiger partial charge is 0.506 e. The van der Waals surface area contributed by atoms with Crippen molar-refractivity contribution in [2.75, 3.05) is 0 Å². The number of hydrogen-bond acceptors (Lipinski definition) is 4. The second-order valence-corrected chi connectivity index (χ2v) is 3.25. The summed E-state index contributed by atoms with van der Waals surface area (Å²) in [4.78, 5) is 3.59. The second kappa shape index (κ2) is 4.23. The van der Waals surface area contributed by atoms with Gasteiger partial charge in [0.1, 0.15) is 10.4 Å². The summed E-state index contributed by atoms with van der Waals surface area (Å²) in [5.74, 6) is -1.06. The highest BCUT2D eigenvalue weighted by Gasteiger charge is 2.32. The first kappa shape index (κ1) is 12.1. The van der Waals surface area contributed by atoms with Crippen LogP contribution in [0.25, 0.3) is 0 Å². The van der Waals surface area contributed by atoms with E-state index in [4.69, 9.17) is 5.73 Å². The predicted octanol–water partition coefficient (Wildman–Crippen LogP) is 1.91. The number of hydrogen-bond donors (Lipinski definition) is 2. The molecule has 0 atom stereocenters. The topological polar surface area (TPSA) is 68.4 Å². The van der Waals surface area contributed by atoms with Crippen LogP contribution in [0.1, 0.15) is 5.69 Å². The maximum absolute atomic E-state index is 11.9. The number of aromatic nitrogens is 1. The monoisotopic (exact) mass is 286 g/mol. The Bertz CT molecular complexity index is 370. The molecule has 8 heteroatoms. The van der Waals surface area contributed by atoms with Crippen LogP contribution >= 0.6 is 15.9 Å². The van der Waals surface area contributed by atoms with E-state index >= 15 is 0 Å². The van der Waals surface area contributed by atoms with Crippen LogP contribution in [0.15, 0.2) is 10.7 Å². The highest BCUT2D eigenvalue weighted by molar-refractivity contribution is 9.10. The zero-order valence-electron chi connectivity index (χ0n) is 7.18. The Kier molecular flexibility index (Phi) is 3.40. The maximum atomic E-state index is 11.9. The summed E-state index contributed by atoms with van der Waals surface area (Å²) in [5.41, 5.74) is 5.27. The second-order valence-electron chi connectivity index (χ2n) is 2.50. The van der Waals surface area contributed by atoms with E-state index in [2.05, 4.69) is 25.7 Å². The lowest BCUT2D eigenvalue weighted by Gasteiger charge is -2.11. The minimum Gasteiger partial charge on any atom is -0.506 e. The number of pyridine rings is 1. The van der Waals surface area contributed by atoms with Crippen molar-refractivity contribution in [3.8, 4) is 11.5 Å². The van der Waals surface area contributed by atoms with Crippen molar-refractivity contribution in [3.05, 3.63) is 16.4 Å². The van der Waals surface area contributed by atoms with Crippen LogP contribution in [-0.4, -0.2) is 16.5 Å². The molecule has 0 radical (unpaired) electrons. The van der Waals surface area contributed by atoms with E-state index in [1.807, 2.05) is 0 Å². The van der Waals surface area contributed by atoms with E-state index in [1.54, 1.807) is 0 Å². The van der Waals surface area contributed by atoms with Gasteiger partial charge in [0.2, 0.25) is 0 Å². The maximum Gasteiger partial charge on any atom is 0.573 e. The van der Waals surface area contributed by atoms with Crippen LogP contribution in [0, 0.1) is 0 Å². The van der Waals surface area contributed by atoms with Gasteiger partial charge in [-0.25, -0.2) is 4.98 Å². The van der Waals surface area contributed by atoms with E-state index in [0.717, 1.165) is 6.07 Å². The molecule has 1 rings (SSSR count). The minimum atomic E-state index is -4.83. The van der Waals surface area contributed by atoms with Crippen molar-refractivity contribution in [1.82, 2.24) is 4.98 Å². The minimum absolute atomic E-state index is 0.0800. The molecule has 0 saturated carbocycles. The Hall–Kier alpha value is -1.02. The molecule has 0 saturated heterocycles. The van der Waals surface area contributed by atoms with Crippen LogP contribution in [-0.2, 0) is 6.54 Å². The van der Waals surface area contributed by atoms with E-state index < -0.39 is 17.9 Å². The predicted molar refractivity (Wildman–Crippen MR) is 48.2 cm³/mol. The van der Waals surface area contributed by atoms with Crippen molar-refractivity contribution in [2.24, 2.45) is 5.73 Å². The van der Waals surface area contributed by atoms with Crippen molar-refractivity contribution in [2.45, 2.75) is 12.9 Å². The van der Waals surface area contributed by atoms with E-state index in [9.17, 15) is 18.3 Å². The lowest BCUT2D eigenvalue weighted by Crippen LogP contribution is -2.18. The average molecular weight is 287 g/mol. The number of halogens is 4. The first-order valence-corrected chi connectivity index (χ1v) is 4.47. The number of alkyl halides is 3. The molecule has 0 aromatic carbocycles. The fourth-order valence-electron chi connectivity index (χ4n) is 0.844. The first-order valence-electron chi connectivity index (χ1n) is 3.67. The third-order valence-corrected chi connectivity index (χ3v) is 1.99. The van der Waals surface area contributed by atoms with E-state index in [1.165, 1.54) is 0 Å². The summed E-state index contributed by atoms with van der Waals surface area (Å²) in [5, 5.41) is 9.20. The van der Waals surface area contributed by atoms with Gasteiger partial charge in [0.15, 0.2) is 5.75 Å². The molecule has 0 aliphatic heterocycles. The number of rotatable bonds is 2. The number of nitrogens with two attached hydrogens (primary N) is 1. The van der Waals surface area contributed by atoms with Gasteiger partial charge in [-0.2, -0.15) is 0 Å². The Balaban J connectivity index is 3.05. The van der Waals surface area contributed by atoms with Crippen molar-refractivity contribution in [3.63, 3.8) is 0 Å². The summed E-state index contributed by atoms with van der Waals surface area (Å²) in [7, 11) is 0. The molecule has 0 unspecified atom stereocenters. The van der Waals surface area contributed by atoms with E-state index in [0.29, 0.717) is 0 Å². The molecular formula is C7H6BrF3N2O2. The Labute approximate surface area is 91.0 Å². The average Bonchev–Trinajstić information content (AvgIpc) is 2.08. The van der Waals surface area contributed by atoms with Gasteiger partial charge >= 0.3 is 6.36 Å².